The van der Waals surface area contributed by atoms with Crippen molar-refractivity contribution in [2.24, 2.45) is 23.7 Å². The molecule has 0 aliphatic heterocycles. The SMILES string of the molecule is CC1CC2CC(C)C3(c4cccc(-c5ccc(-c6ccc(-c7nc(-c8ccc(-c9ccccc9)cc8)nc(-c8ccc(-c9ccccc9)cc8)n7)c(C(C)C)c6)cc5)c4-c4c(-c5ccc(-c6nc(-c7ccc(-c8ccccc8)cc7)nc(-c7ccc(-c8ccccc8)cc7)n6)c(C(C)C)c5)cccc43)C(C1)C2. The highest BCUT2D eigenvalue weighted by atomic mass is 15.0. The lowest BCUT2D eigenvalue weighted by molar-refractivity contribution is 0.0426. The summed E-state index contributed by atoms with van der Waals surface area (Å²) in [5, 5.41) is 0. The summed E-state index contributed by atoms with van der Waals surface area (Å²) < 4.78 is 0. The van der Waals surface area contributed by atoms with E-state index in [9.17, 15) is 0 Å². The second kappa shape index (κ2) is 28.1. The van der Waals surface area contributed by atoms with Crippen LogP contribution in [0, 0.1) is 23.7 Å². The Morgan fingerprint density at radius 2 is 0.551 bits per heavy atom. The molecule has 1 spiro atoms. The van der Waals surface area contributed by atoms with Gasteiger partial charge in [-0.2, -0.15) is 0 Å². The molecule has 3 aliphatic carbocycles. The average Bonchev–Trinajstić information content (AvgIpc) is 1.51. The number of nitrogens with zero attached hydrogens (tertiary/aromatic N) is 6. The standard InChI is InChI=1S/C101H84N6/c1-63(2)89-61-82(53-55-87(89)99-104-95(78-45-35-72(36-46-78)68-21-11-7-12-22-68)102-96(105-99)79-47-37-73(38-48-79)69-23-13-8-14-24-69)76-33-43-77(44-34-76)85-29-19-31-91-93(85)94-86(30-20-32-92(94)101(91)66(6)59-67-57-65(5)58-84(101)60-67)83-54-56-88(90(62-83)64(3)4)100-106-97(80-49-39-74(40-50-80)70-25-15-9-16-26-70)103-98(107-100)81-51-41-75(42-52-81)71-27-17-10-18-28-71/h7-56,61-67,84H,57-60H2,1-6H3. The van der Waals surface area contributed by atoms with Crippen molar-refractivity contribution in [3.8, 4) is 157 Å². The van der Waals surface area contributed by atoms with E-state index in [1.165, 1.54) is 104 Å². The summed E-state index contributed by atoms with van der Waals surface area (Å²) >= 11 is 0. The first-order valence-electron chi connectivity index (χ1n) is 38.3. The molecule has 2 aromatic heterocycles. The Morgan fingerprint density at radius 1 is 0.252 bits per heavy atom. The maximum atomic E-state index is 5.41. The zero-order valence-electron chi connectivity index (χ0n) is 61.5. The van der Waals surface area contributed by atoms with Crippen molar-refractivity contribution in [3.63, 3.8) is 0 Å². The fourth-order valence-corrected chi connectivity index (χ4v) is 18.3. The number of fused-ring (bicyclic) bond motifs is 8. The molecule has 0 radical (unpaired) electrons. The van der Waals surface area contributed by atoms with Crippen LogP contribution < -0.4 is 0 Å². The Bertz CT molecular complexity index is 5550. The molecule has 6 nitrogen and oxygen atoms in total. The lowest BCUT2D eigenvalue weighted by Crippen LogP contribution is -2.49. The van der Waals surface area contributed by atoms with E-state index in [4.69, 9.17) is 29.9 Å². The highest BCUT2D eigenvalue weighted by Crippen LogP contribution is 2.67. The molecule has 0 saturated heterocycles. The molecule has 2 bridgehead atoms. The van der Waals surface area contributed by atoms with Gasteiger partial charge in [0.1, 0.15) is 0 Å². The van der Waals surface area contributed by atoms with Crippen molar-refractivity contribution < 1.29 is 0 Å². The van der Waals surface area contributed by atoms with Gasteiger partial charge in [-0.25, -0.2) is 29.9 Å². The van der Waals surface area contributed by atoms with Crippen LogP contribution in [0.2, 0.25) is 0 Å². The molecule has 107 heavy (non-hydrogen) atoms. The first-order valence-corrected chi connectivity index (χ1v) is 38.3. The van der Waals surface area contributed by atoms with Gasteiger partial charge in [-0.3, -0.25) is 0 Å². The summed E-state index contributed by atoms with van der Waals surface area (Å²) in [6.45, 7) is 14.3. The third-order valence-electron chi connectivity index (χ3n) is 23.4. The van der Waals surface area contributed by atoms with Crippen molar-refractivity contribution in [2.75, 3.05) is 0 Å². The van der Waals surface area contributed by atoms with Crippen LogP contribution in [0.15, 0.2) is 315 Å². The van der Waals surface area contributed by atoms with Gasteiger partial charge >= 0.3 is 0 Å². The van der Waals surface area contributed by atoms with Gasteiger partial charge in [-0.05, 0) is 172 Å². The Hall–Kier alpha value is -12.1. The zero-order valence-corrected chi connectivity index (χ0v) is 61.5. The molecule has 15 aromatic rings. The Kier molecular flexibility index (Phi) is 17.5. The fraction of sp³-hybridized carbons (Fsp3) is 0.168. The first-order chi connectivity index (χ1) is 52.4. The van der Waals surface area contributed by atoms with Crippen LogP contribution in [0.1, 0.15) is 101 Å². The zero-order chi connectivity index (χ0) is 72.3. The van der Waals surface area contributed by atoms with Gasteiger partial charge in [0.2, 0.25) is 0 Å². The third-order valence-corrected chi connectivity index (χ3v) is 23.4. The summed E-state index contributed by atoms with van der Waals surface area (Å²) in [4.78, 5) is 31.9. The lowest BCUT2D eigenvalue weighted by Gasteiger charge is -2.54. The molecule has 5 atom stereocenters. The van der Waals surface area contributed by atoms with E-state index in [0.29, 0.717) is 52.7 Å². The summed E-state index contributed by atoms with van der Waals surface area (Å²) in [7, 11) is 0. The van der Waals surface area contributed by atoms with E-state index < -0.39 is 0 Å². The van der Waals surface area contributed by atoms with Gasteiger partial charge in [0, 0.05) is 38.8 Å². The maximum Gasteiger partial charge on any atom is 0.164 e. The molecule has 2 fully saturated rings. The summed E-state index contributed by atoms with van der Waals surface area (Å²) in [5.74, 6) is 6.61. The van der Waals surface area contributed by atoms with Gasteiger partial charge in [0.05, 0.1) is 0 Å². The van der Waals surface area contributed by atoms with Crippen molar-refractivity contribution in [2.45, 2.75) is 84.5 Å². The number of aromatic nitrogens is 6. The first kappa shape index (κ1) is 66.8. The Balaban J connectivity index is 0.724. The van der Waals surface area contributed by atoms with Gasteiger partial charge in [-0.15, -0.1) is 0 Å². The Labute approximate surface area is 629 Å². The smallest absolute Gasteiger partial charge is 0.164 e. The number of rotatable bonds is 15. The minimum atomic E-state index is -0.131. The summed E-state index contributed by atoms with van der Waals surface area (Å²) in [6, 6.07) is 114. The van der Waals surface area contributed by atoms with E-state index in [-0.39, 0.29) is 17.3 Å². The second-order valence-electron chi connectivity index (χ2n) is 30.7. The Morgan fingerprint density at radius 3 is 0.925 bits per heavy atom. The van der Waals surface area contributed by atoms with E-state index >= 15 is 0 Å². The minimum Gasteiger partial charge on any atom is -0.208 e. The number of hydrogen-bond donors (Lipinski definition) is 0. The largest absolute Gasteiger partial charge is 0.208 e. The van der Waals surface area contributed by atoms with Gasteiger partial charge < -0.3 is 0 Å². The van der Waals surface area contributed by atoms with Crippen molar-refractivity contribution in [3.05, 3.63) is 338 Å². The predicted molar refractivity (Wildman–Crippen MR) is 442 cm³/mol. The van der Waals surface area contributed by atoms with Gasteiger partial charge in [0.15, 0.2) is 34.9 Å². The molecular weight excluding hydrogens is 1300 g/mol. The fourth-order valence-electron chi connectivity index (χ4n) is 18.3. The molecule has 2 saturated carbocycles. The molecular formula is C101H84N6. The molecule has 2 heterocycles. The topological polar surface area (TPSA) is 77.3 Å². The molecule has 13 aromatic carbocycles. The van der Waals surface area contributed by atoms with Crippen molar-refractivity contribution in [1.29, 1.82) is 0 Å². The van der Waals surface area contributed by atoms with Crippen LogP contribution in [0.25, 0.3) is 157 Å². The van der Waals surface area contributed by atoms with Gasteiger partial charge in [0.25, 0.3) is 0 Å². The molecule has 5 unspecified atom stereocenters. The third kappa shape index (κ3) is 12.5. The molecule has 3 aliphatic rings. The minimum absolute atomic E-state index is 0.131. The van der Waals surface area contributed by atoms with Crippen LogP contribution in [0.5, 0.6) is 0 Å². The van der Waals surface area contributed by atoms with E-state index in [1.807, 2.05) is 0 Å². The van der Waals surface area contributed by atoms with Crippen LogP contribution >= 0.6 is 0 Å². The quantitative estimate of drug-likeness (QED) is 0.102. The molecule has 0 N–H and O–H groups in total. The molecule has 18 rings (SSSR count). The van der Waals surface area contributed by atoms with Crippen molar-refractivity contribution >= 4 is 0 Å². The van der Waals surface area contributed by atoms with Gasteiger partial charge in [-0.1, -0.05) is 357 Å². The number of hydrogen-bond acceptors (Lipinski definition) is 6. The highest BCUT2D eigenvalue weighted by Gasteiger charge is 2.57. The van der Waals surface area contributed by atoms with E-state index in [0.717, 1.165) is 72.7 Å². The van der Waals surface area contributed by atoms with Crippen LogP contribution in [0.3, 0.4) is 0 Å². The maximum absolute atomic E-state index is 5.41. The highest BCUT2D eigenvalue weighted by molar-refractivity contribution is 6.00. The average molecular weight is 1380 g/mol. The van der Waals surface area contributed by atoms with Crippen LogP contribution in [-0.4, -0.2) is 29.9 Å². The molecule has 518 valence electrons. The predicted octanol–water partition coefficient (Wildman–Crippen LogP) is 26.3. The van der Waals surface area contributed by atoms with Crippen LogP contribution in [-0.2, 0) is 5.41 Å². The van der Waals surface area contributed by atoms with Crippen LogP contribution in [0.4, 0.5) is 0 Å². The monoisotopic (exact) mass is 1380 g/mol. The summed E-state index contributed by atoms with van der Waals surface area (Å²) in [6.07, 6.45) is 5.07. The van der Waals surface area contributed by atoms with Crippen molar-refractivity contribution in [1.82, 2.24) is 29.9 Å². The van der Waals surface area contributed by atoms with E-state index in [2.05, 4.69) is 357 Å². The number of benzene rings is 13. The summed E-state index contributed by atoms with van der Waals surface area (Å²) in [5.41, 5.74) is 30.3. The second-order valence-corrected chi connectivity index (χ2v) is 30.7. The van der Waals surface area contributed by atoms with E-state index in [1.54, 1.807) is 0 Å². The lowest BCUT2D eigenvalue weighted by atomic mass is 9.49. The molecule has 0 amide bonds. The normalized spacial score (nSPS) is 17.1. The molecule has 6 heteroatoms.